The predicted octanol–water partition coefficient (Wildman–Crippen LogP) is 2.31. The van der Waals surface area contributed by atoms with Crippen LogP contribution in [0, 0.1) is 10.1 Å². The Labute approximate surface area is 114 Å². The van der Waals surface area contributed by atoms with Crippen LogP contribution in [0.3, 0.4) is 0 Å². The fourth-order valence-corrected chi connectivity index (χ4v) is 2.35. The molecular weight excluding hydrogens is 266 g/mol. The van der Waals surface area contributed by atoms with Crippen LogP contribution in [0.25, 0.3) is 0 Å². The van der Waals surface area contributed by atoms with E-state index >= 15 is 0 Å². The number of anilines is 1. The molecule has 0 fully saturated rings. The van der Waals surface area contributed by atoms with Gasteiger partial charge in [-0.25, -0.2) is 9.97 Å². The molecule has 100 valence electrons. The number of nitro groups is 1. The third kappa shape index (κ3) is 3.02. The highest BCUT2D eigenvalue weighted by atomic mass is 32.2. The van der Waals surface area contributed by atoms with E-state index in [1.807, 2.05) is 14.0 Å². The van der Waals surface area contributed by atoms with Crippen molar-refractivity contribution in [2.45, 2.75) is 17.1 Å². The molecule has 7 nitrogen and oxygen atoms in total. The minimum atomic E-state index is -0.437. The molecule has 0 radical (unpaired) electrons. The normalized spacial score (nSPS) is 10.4. The fourth-order valence-electron chi connectivity index (χ4n) is 1.46. The first-order valence-corrected chi connectivity index (χ1v) is 6.48. The molecule has 0 aliphatic rings. The maximum Gasteiger partial charge on any atom is 0.301 e. The first kappa shape index (κ1) is 13.3. The van der Waals surface area contributed by atoms with Crippen LogP contribution >= 0.6 is 11.8 Å². The maximum absolute atomic E-state index is 11.0. The molecule has 8 heteroatoms. The van der Waals surface area contributed by atoms with E-state index in [1.54, 1.807) is 23.0 Å². The lowest BCUT2D eigenvalue weighted by Gasteiger charge is -2.06. The Morgan fingerprint density at radius 2 is 2.32 bits per heavy atom. The molecule has 0 bridgehead atoms. The van der Waals surface area contributed by atoms with Gasteiger partial charge in [0, 0.05) is 32.1 Å². The zero-order valence-electron chi connectivity index (χ0n) is 10.5. The average molecular weight is 279 g/mol. The number of nitrogens with one attached hydrogen (secondary N) is 1. The van der Waals surface area contributed by atoms with Crippen LogP contribution in [0.15, 0.2) is 34.7 Å². The van der Waals surface area contributed by atoms with E-state index < -0.39 is 4.92 Å². The number of nitrogens with zero attached hydrogens (tertiary/aromatic N) is 4. The van der Waals surface area contributed by atoms with Crippen molar-refractivity contribution in [2.24, 2.45) is 7.05 Å². The van der Waals surface area contributed by atoms with Gasteiger partial charge in [-0.15, -0.1) is 0 Å². The Morgan fingerprint density at radius 3 is 2.89 bits per heavy atom. The second-order valence-corrected chi connectivity index (χ2v) is 4.69. The van der Waals surface area contributed by atoms with Gasteiger partial charge in [0.2, 0.25) is 0 Å². The lowest BCUT2D eigenvalue weighted by Crippen LogP contribution is -2.02. The lowest BCUT2D eigenvalue weighted by molar-refractivity contribution is -0.388. The molecule has 19 heavy (non-hydrogen) atoms. The van der Waals surface area contributed by atoms with Crippen molar-refractivity contribution >= 4 is 23.3 Å². The van der Waals surface area contributed by atoms with E-state index in [1.165, 1.54) is 17.8 Å². The lowest BCUT2D eigenvalue weighted by atomic mass is 10.4. The topological polar surface area (TPSA) is 85.9 Å². The Balaban J connectivity index is 2.37. The van der Waals surface area contributed by atoms with Crippen molar-refractivity contribution in [1.29, 1.82) is 0 Å². The summed E-state index contributed by atoms with van der Waals surface area (Å²) in [6, 6.07) is 3.06. The number of pyridine rings is 1. The van der Waals surface area contributed by atoms with E-state index in [4.69, 9.17) is 0 Å². The van der Waals surface area contributed by atoms with Crippen molar-refractivity contribution in [2.75, 3.05) is 11.9 Å². The summed E-state index contributed by atoms with van der Waals surface area (Å²) in [5, 5.41) is 15.0. The molecule has 0 aromatic carbocycles. The number of hydrogen-bond acceptors (Lipinski definition) is 6. The number of aryl methyl sites for hydroxylation is 1. The summed E-state index contributed by atoms with van der Waals surface area (Å²) >= 11 is 1.17. The second-order valence-electron chi connectivity index (χ2n) is 3.73. The Hall–Kier alpha value is -2.09. The van der Waals surface area contributed by atoms with E-state index in [9.17, 15) is 10.1 Å². The minimum absolute atomic E-state index is 0.0188. The van der Waals surface area contributed by atoms with Crippen LogP contribution in [0.1, 0.15) is 6.92 Å². The maximum atomic E-state index is 11.0. The van der Waals surface area contributed by atoms with Crippen molar-refractivity contribution in [3.63, 3.8) is 0 Å². The molecule has 1 N–H and O–H groups in total. The summed E-state index contributed by atoms with van der Waals surface area (Å²) < 4.78 is 1.79. The number of aromatic nitrogens is 3. The summed E-state index contributed by atoms with van der Waals surface area (Å²) in [5.41, 5.74) is -0.0188. The smallest absolute Gasteiger partial charge is 0.301 e. The summed E-state index contributed by atoms with van der Waals surface area (Å²) in [7, 11) is 1.83. The molecule has 2 rings (SSSR count). The predicted molar refractivity (Wildman–Crippen MR) is 72.4 cm³/mol. The molecule has 2 aromatic heterocycles. The molecule has 0 spiro atoms. The van der Waals surface area contributed by atoms with Gasteiger partial charge in [0.25, 0.3) is 0 Å². The highest BCUT2D eigenvalue weighted by Gasteiger charge is 2.18. The molecule has 2 aromatic rings. The Morgan fingerprint density at radius 1 is 1.53 bits per heavy atom. The van der Waals surface area contributed by atoms with E-state index in [0.717, 1.165) is 0 Å². The van der Waals surface area contributed by atoms with Gasteiger partial charge in [0.15, 0.2) is 10.2 Å². The van der Waals surface area contributed by atoms with Crippen molar-refractivity contribution in [1.82, 2.24) is 14.5 Å². The van der Waals surface area contributed by atoms with Crippen LogP contribution < -0.4 is 5.32 Å². The Kier molecular flexibility index (Phi) is 4.00. The largest absolute Gasteiger partial charge is 0.370 e. The summed E-state index contributed by atoms with van der Waals surface area (Å²) in [6.07, 6.45) is 3.42. The number of rotatable bonds is 5. The first-order chi connectivity index (χ1) is 9.11. The van der Waals surface area contributed by atoms with Crippen molar-refractivity contribution < 1.29 is 4.92 Å². The van der Waals surface area contributed by atoms with Gasteiger partial charge in [-0.1, -0.05) is 0 Å². The van der Waals surface area contributed by atoms with Crippen molar-refractivity contribution in [3.05, 3.63) is 34.6 Å². The van der Waals surface area contributed by atoms with Gasteiger partial charge in [0.05, 0.1) is 4.92 Å². The third-order valence-corrected chi connectivity index (χ3v) is 3.43. The first-order valence-electron chi connectivity index (χ1n) is 5.66. The zero-order valence-corrected chi connectivity index (χ0v) is 11.3. The standard InChI is InChI=1S/C11H13N5O2S/c1-3-12-9-5-4-8(16(17)18)10(14-9)19-11-13-6-7-15(11)2/h4-7H,3H2,1-2H3,(H,12,14). The van der Waals surface area contributed by atoms with E-state index in [2.05, 4.69) is 15.3 Å². The molecular formula is C11H13N5O2S. The second kappa shape index (κ2) is 5.70. The average Bonchev–Trinajstić information content (AvgIpc) is 2.75. The van der Waals surface area contributed by atoms with Gasteiger partial charge in [-0.3, -0.25) is 10.1 Å². The van der Waals surface area contributed by atoms with Crippen molar-refractivity contribution in [3.8, 4) is 0 Å². The quantitative estimate of drug-likeness (QED) is 0.667. The summed E-state index contributed by atoms with van der Waals surface area (Å²) in [4.78, 5) is 19.0. The van der Waals surface area contributed by atoms with E-state index in [0.29, 0.717) is 22.5 Å². The molecule has 0 saturated carbocycles. The molecule has 2 heterocycles. The number of hydrogen-bond donors (Lipinski definition) is 1. The minimum Gasteiger partial charge on any atom is -0.370 e. The van der Waals surface area contributed by atoms with Gasteiger partial charge in [0.1, 0.15) is 5.82 Å². The monoisotopic (exact) mass is 279 g/mol. The molecule has 0 unspecified atom stereocenters. The van der Waals surface area contributed by atoms with Crippen LogP contribution in [0.2, 0.25) is 0 Å². The molecule has 0 atom stereocenters. The Bertz CT molecular complexity index is 599. The summed E-state index contributed by atoms with van der Waals surface area (Å²) in [5.74, 6) is 0.616. The summed E-state index contributed by atoms with van der Waals surface area (Å²) in [6.45, 7) is 2.64. The molecule has 0 amide bonds. The van der Waals surface area contributed by atoms with Gasteiger partial charge in [-0.2, -0.15) is 0 Å². The van der Waals surface area contributed by atoms with Crippen LogP contribution in [0.5, 0.6) is 0 Å². The van der Waals surface area contributed by atoms with Gasteiger partial charge >= 0.3 is 5.69 Å². The van der Waals surface area contributed by atoms with Crippen LogP contribution in [-0.4, -0.2) is 26.0 Å². The highest BCUT2D eigenvalue weighted by molar-refractivity contribution is 7.99. The van der Waals surface area contributed by atoms with E-state index in [-0.39, 0.29) is 5.69 Å². The third-order valence-electron chi connectivity index (χ3n) is 2.36. The van der Waals surface area contributed by atoms with Crippen LogP contribution in [-0.2, 0) is 7.05 Å². The van der Waals surface area contributed by atoms with Gasteiger partial charge < -0.3 is 9.88 Å². The molecule has 0 aliphatic carbocycles. The highest BCUT2D eigenvalue weighted by Crippen LogP contribution is 2.32. The van der Waals surface area contributed by atoms with Crippen LogP contribution in [0.4, 0.5) is 11.5 Å². The molecule has 0 aliphatic heterocycles. The SMILES string of the molecule is CCNc1ccc([N+](=O)[O-])c(Sc2nccn2C)n1. The molecule has 0 saturated heterocycles. The number of imidazole rings is 1. The fraction of sp³-hybridized carbons (Fsp3) is 0.273. The zero-order chi connectivity index (χ0) is 13.8. The van der Waals surface area contributed by atoms with Gasteiger partial charge in [-0.05, 0) is 24.8 Å².